The Bertz CT molecular complexity index is 1330. The third-order valence-corrected chi connectivity index (χ3v) is 10.9. The first-order valence-corrected chi connectivity index (χ1v) is 15.4. The van der Waals surface area contributed by atoms with E-state index in [4.69, 9.17) is 24.5 Å². The standard InChI is InChI=1S/C28H38BN3O6S2/c1-14-16(9-10-18(22(14)15(2)33)35-25(34)36-26(3,4)5)11-21(39-24-32-31-23(30)40-24)29-37-20-13-17-12-19(27(17,6)7)28(20,8)38-29/h9-10,17,19-21H,11-13H2,1-8H3,(H2,30,31)/t17?,19?,20?,21-,28-/m0/s1. The Hall–Kier alpha value is -2.15. The monoisotopic (exact) mass is 587 g/mol. The van der Waals surface area contributed by atoms with Crippen LogP contribution < -0.4 is 10.5 Å². The smallest absolute Gasteiger partial charge is 0.428 e. The highest BCUT2D eigenvalue weighted by Gasteiger charge is 2.68. The number of nitrogens with two attached hydrogens (primary N) is 1. The van der Waals surface area contributed by atoms with Crippen LogP contribution in [0.3, 0.4) is 0 Å². The van der Waals surface area contributed by atoms with E-state index in [-0.39, 0.29) is 33.8 Å². The molecule has 0 amide bonds. The van der Waals surface area contributed by atoms with Gasteiger partial charge in [-0.25, -0.2) is 4.79 Å². The number of hydrogen-bond donors (Lipinski definition) is 1. The molecule has 1 aromatic carbocycles. The maximum Gasteiger partial charge on any atom is 0.514 e. The van der Waals surface area contributed by atoms with Gasteiger partial charge in [-0.15, -0.1) is 10.2 Å². The van der Waals surface area contributed by atoms with Gasteiger partial charge in [0.25, 0.3) is 0 Å². The average molecular weight is 588 g/mol. The molecule has 40 heavy (non-hydrogen) atoms. The van der Waals surface area contributed by atoms with Crippen molar-refractivity contribution in [2.24, 2.45) is 17.3 Å². The Balaban J connectivity index is 1.43. The molecule has 3 unspecified atom stereocenters. The van der Waals surface area contributed by atoms with Gasteiger partial charge < -0.3 is 24.5 Å². The molecule has 1 aromatic heterocycles. The van der Waals surface area contributed by atoms with E-state index in [0.29, 0.717) is 29.0 Å². The molecule has 4 fully saturated rings. The molecule has 1 saturated heterocycles. The summed E-state index contributed by atoms with van der Waals surface area (Å²) < 4.78 is 25.0. The predicted molar refractivity (Wildman–Crippen MR) is 156 cm³/mol. The number of thioether (sulfide) groups is 1. The van der Waals surface area contributed by atoms with Gasteiger partial charge in [0.15, 0.2) is 10.1 Å². The first-order chi connectivity index (χ1) is 18.6. The summed E-state index contributed by atoms with van der Waals surface area (Å²) in [5, 5.41) is 8.45. The van der Waals surface area contributed by atoms with Crippen LogP contribution in [0.2, 0.25) is 0 Å². The number of ketones is 1. The quantitative estimate of drug-likeness (QED) is 0.137. The number of nitrogens with zero attached hydrogens (tertiary/aromatic N) is 2. The number of hydrogen-bond acceptors (Lipinski definition) is 11. The van der Waals surface area contributed by atoms with E-state index >= 15 is 0 Å². The molecule has 9 nitrogen and oxygen atoms in total. The largest absolute Gasteiger partial charge is 0.514 e. The van der Waals surface area contributed by atoms with E-state index in [1.165, 1.54) is 36.4 Å². The number of benzene rings is 1. The molecule has 216 valence electrons. The van der Waals surface area contributed by atoms with Crippen molar-refractivity contribution in [3.63, 3.8) is 0 Å². The van der Waals surface area contributed by atoms with Crippen LogP contribution in [0.1, 0.15) is 82.8 Å². The molecular formula is C28H38BN3O6S2. The topological polar surface area (TPSA) is 123 Å². The third kappa shape index (κ3) is 5.40. The van der Waals surface area contributed by atoms with Gasteiger partial charge >= 0.3 is 13.3 Å². The maximum absolute atomic E-state index is 12.7. The van der Waals surface area contributed by atoms with E-state index < -0.39 is 18.9 Å². The van der Waals surface area contributed by atoms with Crippen LogP contribution in [0.5, 0.6) is 5.75 Å². The van der Waals surface area contributed by atoms with Crippen LogP contribution in [0, 0.1) is 24.2 Å². The molecule has 3 aliphatic carbocycles. The summed E-state index contributed by atoms with van der Waals surface area (Å²) in [4.78, 5) is 25.1. The summed E-state index contributed by atoms with van der Waals surface area (Å²) >= 11 is 2.86. The predicted octanol–water partition coefficient (Wildman–Crippen LogP) is 5.92. The number of carbonyl (C=O) groups is 2. The van der Waals surface area contributed by atoms with Gasteiger partial charge in [-0.1, -0.05) is 43.0 Å². The lowest BCUT2D eigenvalue weighted by Crippen LogP contribution is -2.65. The second kappa shape index (κ2) is 10.3. The van der Waals surface area contributed by atoms with Crippen LogP contribution in [-0.4, -0.2) is 51.7 Å². The summed E-state index contributed by atoms with van der Waals surface area (Å²) in [6.07, 6.45) is 1.88. The summed E-state index contributed by atoms with van der Waals surface area (Å²) in [6, 6.07) is 3.54. The Kier molecular flexibility index (Phi) is 7.55. The van der Waals surface area contributed by atoms with Gasteiger partial charge in [-0.2, -0.15) is 0 Å². The molecule has 2 aromatic rings. The first-order valence-electron chi connectivity index (χ1n) is 13.7. The molecule has 4 aliphatic rings. The van der Waals surface area contributed by atoms with Crippen LogP contribution in [-0.2, 0) is 20.5 Å². The number of aromatic nitrogens is 2. The first kappa shape index (κ1) is 29.4. The lowest BCUT2D eigenvalue weighted by molar-refractivity contribution is -0.199. The lowest BCUT2D eigenvalue weighted by atomic mass is 9.43. The summed E-state index contributed by atoms with van der Waals surface area (Å²) in [7, 11) is -0.474. The van der Waals surface area contributed by atoms with E-state index in [9.17, 15) is 9.59 Å². The number of Topliss-reactive ketones (excluding diaryl/α,β-unsaturated/α-hetero) is 1. The number of nitrogen functional groups attached to an aromatic ring is 1. The van der Waals surface area contributed by atoms with Gasteiger partial charge in [0, 0.05) is 0 Å². The Morgan fingerprint density at radius 2 is 1.98 bits per heavy atom. The molecule has 3 saturated carbocycles. The number of anilines is 1. The van der Waals surface area contributed by atoms with Crippen LogP contribution >= 0.6 is 23.1 Å². The summed E-state index contributed by atoms with van der Waals surface area (Å²) in [5.41, 5.74) is 7.06. The zero-order chi connectivity index (χ0) is 29.2. The van der Waals surface area contributed by atoms with Crippen molar-refractivity contribution in [2.45, 2.75) is 101 Å². The molecule has 5 atom stereocenters. The van der Waals surface area contributed by atoms with E-state index in [1.807, 2.05) is 13.0 Å². The van der Waals surface area contributed by atoms with Crippen molar-refractivity contribution in [1.29, 1.82) is 0 Å². The highest BCUT2D eigenvalue weighted by atomic mass is 32.2. The Morgan fingerprint density at radius 1 is 1.25 bits per heavy atom. The number of carbonyl (C=O) groups excluding carboxylic acids is 2. The van der Waals surface area contributed by atoms with Crippen molar-refractivity contribution < 1.29 is 28.4 Å². The zero-order valence-electron chi connectivity index (χ0n) is 24.4. The molecule has 12 heteroatoms. The van der Waals surface area contributed by atoms with Gasteiger partial charge in [0.1, 0.15) is 11.4 Å². The van der Waals surface area contributed by atoms with Crippen LogP contribution in [0.4, 0.5) is 9.93 Å². The highest BCUT2D eigenvalue weighted by Crippen LogP contribution is 2.66. The molecule has 0 spiro atoms. The number of ether oxygens (including phenoxy) is 2. The van der Waals surface area contributed by atoms with Crippen molar-refractivity contribution >= 4 is 47.3 Å². The highest BCUT2D eigenvalue weighted by molar-refractivity contribution is 8.02. The van der Waals surface area contributed by atoms with Gasteiger partial charge in [-0.3, -0.25) is 4.79 Å². The number of rotatable bonds is 7. The molecule has 2 heterocycles. The molecule has 1 aliphatic heterocycles. The zero-order valence-corrected chi connectivity index (χ0v) is 26.0. The molecule has 6 rings (SSSR count). The van der Waals surface area contributed by atoms with E-state index in [1.54, 1.807) is 26.8 Å². The second-order valence-electron chi connectivity index (χ2n) is 12.9. The minimum atomic E-state index is -0.852. The van der Waals surface area contributed by atoms with E-state index in [2.05, 4.69) is 31.0 Å². The van der Waals surface area contributed by atoms with Crippen molar-refractivity contribution in [3.05, 3.63) is 28.8 Å². The van der Waals surface area contributed by atoms with Gasteiger partial charge in [0.2, 0.25) is 5.13 Å². The maximum atomic E-state index is 12.7. The van der Waals surface area contributed by atoms with Gasteiger partial charge in [0.05, 0.1) is 22.4 Å². The Labute approximate surface area is 244 Å². The van der Waals surface area contributed by atoms with E-state index in [0.717, 1.165) is 21.9 Å². The fourth-order valence-electron chi connectivity index (χ4n) is 6.70. The normalized spacial score (nSPS) is 27.5. The summed E-state index contributed by atoms with van der Waals surface area (Å²) in [6.45, 7) is 15.5. The summed E-state index contributed by atoms with van der Waals surface area (Å²) in [5.74, 6) is 1.06. The van der Waals surface area contributed by atoms with Crippen molar-refractivity contribution in [1.82, 2.24) is 10.2 Å². The third-order valence-electron chi connectivity index (χ3n) is 8.84. The minimum absolute atomic E-state index is 0.0374. The van der Waals surface area contributed by atoms with Crippen molar-refractivity contribution in [3.8, 4) is 5.75 Å². The fraction of sp³-hybridized carbons (Fsp3) is 0.643. The van der Waals surface area contributed by atoms with Crippen LogP contribution in [0.15, 0.2) is 16.5 Å². The van der Waals surface area contributed by atoms with Gasteiger partial charge in [-0.05, 0) is 95.2 Å². The lowest BCUT2D eigenvalue weighted by Gasteiger charge is -2.64. The van der Waals surface area contributed by atoms with Crippen LogP contribution in [0.25, 0.3) is 0 Å². The van der Waals surface area contributed by atoms with Crippen molar-refractivity contribution in [2.75, 3.05) is 5.73 Å². The second-order valence-corrected chi connectivity index (χ2v) is 15.4. The molecule has 2 N–H and O–H groups in total. The average Bonchev–Trinajstić information content (AvgIpc) is 3.40. The molecule has 2 bridgehead atoms. The fourth-order valence-corrected chi connectivity index (χ4v) is 8.70. The molecule has 0 radical (unpaired) electrons. The SMILES string of the molecule is CC(=O)c1c(OC(=O)OC(C)(C)C)ccc(C[C@H](Sc2nnc(N)s2)B2OC3CC4CC(C4(C)C)[C@]3(C)O2)c1C. The minimum Gasteiger partial charge on any atom is -0.428 e. The Morgan fingerprint density at radius 3 is 2.58 bits per heavy atom. The molecular weight excluding hydrogens is 549 g/mol.